The molecule has 0 bridgehead atoms. The highest BCUT2D eigenvalue weighted by molar-refractivity contribution is 7.92. The molecule has 4 aromatic rings. The van der Waals surface area contributed by atoms with Crippen molar-refractivity contribution in [2.75, 3.05) is 10.0 Å². The molecule has 0 aliphatic carbocycles. The second kappa shape index (κ2) is 8.42. The van der Waals surface area contributed by atoms with Crippen molar-refractivity contribution in [2.45, 2.75) is 11.8 Å². The Bertz CT molecular complexity index is 1510. The average molecular weight is 488 g/mol. The quantitative estimate of drug-likeness (QED) is 0.429. The van der Waals surface area contributed by atoms with Crippen LogP contribution in [0.2, 0.25) is 5.02 Å². The predicted molar refractivity (Wildman–Crippen MR) is 128 cm³/mol. The van der Waals surface area contributed by atoms with E-state index in [-0.39, 0.29) is 20.4 Å². The van der Waals surface area contributed by atoms with Gasteiger partial charge in [0.25, 0.3) is 15.9 Å². The number of carbonyl (C=O) groups is 1. The highest BCUT2D eigenvalue weighted by atomic mass is 35.5. The van der Waals surface area contributed by atoms with Crippen LogP contribution in [0.4, 0.5) is 11.4 Å². The molecule has 164 valence electrons. The first-order chi connectivity index (χ1) is 15.1. The van der Waals surface area contributed by atoms with Crippen molar-refractivity contribution in [3.63, 3.8) is 0 Å². The number of thiazole rings is 1. The number of benzene rings is 3. The van der Waals surface area contributed by atoms with Gasteiger partial charge in [0.05, 0.1) is 15.2 Å². The van der Waals surface area contributed by atoms with Gasteiger partial charge in [0.1, 0.15) is 4.90 Å². The predicted octanol–water partition coefficient (Wildman–Crippen LogP) is 4.61. The fourth-order valence-corrected chi connectivity index (χ4v) is 5.60. The summed E-state index contributed by atoms with van der Waals surface area (Å²) in [7, 11) is -2.33. The molecule has 0 aliphatic heterocycles. The van der Waals surface area contributed by atoms with Crippen LogP contribution in [0, 0.1) is 6.92 Å². The number of nitrogens with one attached hydrogen (secondary N) is 2. The third-order valence-electron chi connectivity index (χ3n) is 4.84. The monoisotopic (exact) mass is 487 g/mol. The number of hydrogen-bond donors (Lipinski definition) is 2. The minimum atomic E-state index is -4.01. The van der Waals surface area contributed by atoms with E-state index in [1.165, 1.54) is 22.8 Å². The molecule has 0 atom stereocenters. The van der Waals surface area contributed by atoms with Crippen molar-refractivity contribution in [2.24, 2.45) is 7.05 Å². The maximum atomic E-state index is 12.9. The van der Waals surface area contributed by atoms with Gasteiger partial charge in [-0.25, -0.2) is 8.42 Å². The second-order valence-corrected chi connectivity index (χ2v) is 10.2. The smallest absolute Gasteiger partial charge is 0.307 e. The van der Waals surface area contributed by atoms with E-state index in [1.54, 1.807) is 49.5 Å². The van der Waals surface area contributed by atoms with Crippen LogP contribution in [-0.2, 0) is 17.1 Å². The van der Waals surface area contributed by atoms with E-state index in [4.69, 9.17) is 11.6 Å². The van der Waals surface area contributed by atoms with Gasteiger partial charge < -0.3 is 9.88 Å². The zero-order valence-electron chi connectivity index (χ0n) is 17.0. The molecule has 0 spiro atoms. The van der Waals surface area contributed by atoms with Crippen LogP contribution < -0.4 is 14.9 Å². The lowest BCUT2D eigenvalue weighted by Gasteiger charge is -2.12. The van der Waals surface area contributed by atoms with Crippen molar-refractivity contribution in [3.05, 3.63) is 86.5 Å². The number of carbonyl (C=O) groups excluding carboxylic acids is 1. The van der Waals surface area contributed by atoms with Gasteiger partial charge in [-0.2, -0.15) is 0 Å². The molecule has 2 N–H and O–H groups in total. The first-order valence-corrected chi connectivity index (χ1v) is 12.1. The van der Waals surface area contributed by atoms with Crippen LogP contribution in [0.25, 0.3) is 10.2 Å². The molecule has 0 fully saturated rings. The van der Waals surface area contributed by atoms with E-state index in [1.807, 2.05) is 6.92 Å². The number of anilines is 2. The zero-order valence-corrected chi connectivity index (χ0v) is 19.4. The molecule has 0 saturated heterocycles. The highest BCUT2D eigenvalue weighted by Crippen LogP contribution is 2.26. The molecule has 1 heterocycles. The van der Waals surface area contributed by atoms with Gasteiger partial charge in [-0.1, -0.05) is 40.6 Å². The van der Waals surface area contributed by atoms with Crippen LogP contribution in [0.3, 0.4) is 0 Å². The lowest BCUT2D eigenvalue weighted by atomic mass is 10.2. The molecule has 4 rings (SSSR count). The lowest BCUT2D eigenvalue weighted by molar-refractivity contribution is 0.102. The number of nitrogens with zero attached hydrogens (tertiary/aromatic N) is 1. The standard InChI is InChI=1S/C22H18ClN3O4S2/c1-13-3-6-15(7-4-13)25-32(29,30)20-11-14(5-9-17(20)23)21(27)24-16-8-10-18-19(12-16)31-22(28)26(18)2/h3-12,25H,1-2H3,(H,24,27). The van der Waals surface area contributed by atoms with Crippen LogP contribution in [0.5, 0.6) is 0 Å². The van der Waals surface area contributed by atoms with Crippen LogP contribution in [0.15, 0.2) is 70.4 Å². The van der Waals surface area contributed by atoms with Gasteiger partial charge >= 0.3 is 4.87 Å². The van der Waals surface area contributed by atoms with Gasteiger partial charge in [0, 0.05) is 24.0 Å². The third kappa shape index (κ3) is 4.40. The van der Waals surface area contributed by atoms with Crippen LogP contribution in [-0.4, -0.2) is 18.9 Å². The Morgan fingerprint density at radius 3 is 2.41 bits per heavy atom. The number of fused-ring (bicyclic) bond motifs is 1. The summed E-state index contributed by atoms with van der Waals surface area (Å²) in [5, 5.41) is 2.73. The number of hydrogen-bond acceptors (Lipinski definition) is 5. The Morgan fingerprint density at radius 2 is 1.69 bits per heavy atom. The second-order valence-electron chi connectivity index (χ2n) is 7.18. The van der Waals surface area contributed by atoms with Gasteiger partial charge in [0.15, 0.2) is 0 Å². The maximum Gasteiger partial charge on any atom is 0.307 e. The number of halogens is 1. The van der Waals surface area contributed by atoms with E-state index in [9.17, 15) is 18.0 Å². The fourth-order valence-electron chi connectivity index (χ4n) is 3.10. The largest absolute Gasteiger partial charge is 0.322 e. The van der Waals surface area contributed by atoms with Gasteiger partial charge in [-0.3, -0.25) is 14.3 Å². The summed E-state index contributed by atoms with van der Waals surface area (Å²) in [5.74, 6) is -0.504. The minimum absolute atomic E-state index is 0.00311. The number of aryl methyl sites for hydroxylation is 2. The molecule has 0 saturated carbocycles. The van der Waals surface area contributed by atoms with Crippen molar-refractivity contribution in [1.29, 1.82) is 0 Å². The fraction of sp³-hybridized carbons (Fsp3) is 0.0909. The van der Waals surface area contributed by atoms with Gasteiger partial charge in [-0.05, 0) is 55.5 Å². The number of sulfonamides is 1. The van der Waals surface area contributed by atoms with Crippen LogP contribution >= 0.6 is 22.9 Å². The summed E-state index contributed by atoms with van der Waals surface area (Å²) in [4.78, 5) is 24.3. The summed E-state index contributed by atoms with van der Waals surface area (Å²) in [5.41, 5.74) is 2.75. The summed E-state index contributed by atoms with van der Waals surface area (Å²) in [6, 6.07) is 16.0. The van der Waals surface area contributed by atoms with E-state index in [2.05, 4.69) is 10.0 Å². The Labute approximate surface area is 193 Å². The highest BCUT2D eigenvalue weighted by Gasteiger charge is 2.21. The molecule has 0 aliphatic rings. The molecule has 10 heteroatoms. The number of aromatic nitrogens is 1. The van der Waals surface area contributed by atoms with Crippen molar-refractivity contribution in [3.8, 4) is 0 Å². The topological polar surface area (TPSA) is 97.3 Å². The summed E-state index contributed by atoms with van der Waals surface area (Å²) < 4.78 is 30.5. The molecule has 1 aromatic heterocycles. The van der Waals surface area contributed by atoms with Crippen LogP contribution in [0.1, 0.15) is 15.9 Å². The molecular weight excluding hydrogens is 470 g/mol. The molecule has 0 radical (unpaired) electrons. The average Bonchev–Trinajstić information content (AvgIpc) is 3.02. The van der Waals surface area contributed by atoms with E-state index in [0.29, 0.717) is 11.4 Å². The molecule has 32 heavy (non-hydrogen) atoms. The molecule has 3 aromatic carbocycles. The number of amides is 1. The van der Waals surface area contributed by atoms with Gasteiger partial charge in [0.2, 0.25) is 0 Å². The van der Waals surface area contributed by atoms with Gasteiger partial charge in [-0.15, -0.1) is 0 Å². The molecule has 7 nitrogen and oxygen atoms in total. The summed E-state index contributed by atoms with van der Waals surface area (Å²) >= 11 is 7.21. The molecule has 0 unspecified atom stereocenters. The van der Waals surface area contributed by atoms with E-state index >= 15 is 0 Å². The number of rotatable bonds is 5. The summed E-state index contributed by atoms with van der Waals surface area (Å²) in [6.07, 6.45) is 0. The summed E-state index contributed by atoms with van der Waals surface area (Å²) in [6.45, 7) is 1.90. The normalized spacial score (nSPS) is 11.5. The van der Waals surface area contributed by atoms with E-state index in [0.717, 1.165) is 27.1 Å². The third-order valence-corrected chi connectivity index (χ3v) is 7.70. The zero-order chi connectivity index (χ0) is 23.0. The Balaban J connectivity index is 1.60. The SMILES string of the molecule is Cc1ccc(NS(=O)(=O)c2cc(C(=O)Nc3ccc4c(c3)sc(=O)n4C)ccc2Cl)cc1. The minimum Gasteiger partial charge on any atom is -0.322 e. The lowest BCUT2D eigenvalue weighted by Crippen LogP contribution is -2.16. The maximum absolute atomic E-state index is 12.9. The Hall–Kier alpha value is -3.14. The first kappa shape index (κ1) is 22.1. The Morgan fingerprint density at radius 1 is 1.00 bits per heavy atom. The molecule has 1 amide bonds. The molecular formula is C22H18ClN3O4S2. The first-order valence-electron chi connectivity index (χ1n) is 9.44. The van der Waals surface area contributed by atoms with Crippen molar-refractivity contribution >= 4 is 60.5 Å². The van der Waals surface area contributed by atoms with E-state index < -0.39 is 15.9 Å². The van der Waals surface area contributed by atoms with Crippen molar-refractivity contribution < 1.29 is 13.2 Å². The van der Waals surface area contributed by atoms with Crippen molar-refractivity contribution in [1.82, 2.24) is 4.57 Å². The Kier molecular flexibility index (Phi) is 5.81.